The molecule has 0 aliphatic rings. The lowest BCUT2D eigenvalue weighted by atomic mass is 10.2. The van der Waals surface area contributed by atoms with Gasteiger partial charge in [0.15, 0.2) is 17.0 Å². The molecule has 154 valence electrons. The van der Waals surface area contributed by atoms with Crippen molar-refractivity contribution in [3.8, 4) is 16.3 Å². The molecule has 0 saturated heterocycles. The van der Waals surface area contributed by atoms with Crippen molar-refractivity contribution in [3.05, 3.63) is 63.8 Å². The SMILES string of the molecule is Cc1ccc(O)c(NC(=O)c2nn3c(C(F)(F)F)cc(-c4cccs4)nc3c2Cl)c1. The Hall–Kier alpha value is -3.11. The lowest BCUT2D eigenvalue weighted by Gasteiger charge is -2.10. The van der Waals surface area contributed by atoms with E-state index < -0.39 is 23.5 Å². The van der Waals surface area contributed by atoms with Gasteiger partial charge in [0.1, 0.15) is 10.8 Å². The van der Waals surface area contributed by atoms with Crippen LogP contribution in [0.15, 0.2) is 41.8 Å². The number of hydrogen-bond donors (Lipinski definition) is 2. The van der Waals surface area contributed by atoms with Gasteiger partial charge in [0.25, 0.3) is 5.91 Å². The Bertz CT molecular complexity index is 1270. The summed E-state index contributed by atoms with van der Waals surface area (Å²) < 4.78 is 41.5. The summed E-state index contributed by atoms with van der Waals surface area (Å²) in [4.78, 5) is 17.3. The molecule has 4 rings (SSSR count). The molecule has 11 heteroatoms. The van der Waals surface area contributed by atoms with Crippen molar-refractivity contribution >= 4 is 40.2 Å². The van der Waals surface area contributed by atoms with Crippen molar-refractivity contribution in [1.82, 2.24) is 14.6 Å². The first-order valence-electron chi connectivity index (χ1n) is 8.46. The fraction of sp³-hybridized carbons (Fsp3) is 0.105. The first-order chi connectivity index (χ1) is 14.1. The Morgan fingerprint density at radius 2 is 2.03 bits per heavy atom. The van der Waals surface area contributed by atoms with Crippen molar-refractivity contribution in [1.29, 1.82) is 0 Å². The molecule has 4 aromatic rings. The summed E-state index contributed by atoms with van der Waals surface area (Å²) in [6.45, 7) is 1.75. The Morgan fingerprint density at radius 3 is 2.70 bits per heavy atom. The van der Waals surface area contributed by atoms with Gasteiger partial charge in [-0.15, -0.1) is 11.3 Å². The minimum Gasteiger partial charge on any atom is -0.506 e. The topological polar surface area (TPSA) is 79.5 Å². The number of halogens is 4. The van der Waals surface area contributed by atoms with Crippen LogP contribution in [-0.4, -0.2) is 25.6 Å². The van der Waals surface area contributed by atoms with Gasteiger partial charge in [0.2, 0.25) is 0 Å². The number of aromatic nitrogens is 3. The minimum absolute atomic E-state index is 0.0647. The monoisotopic (exact) mass is 452 g/mol. The standard InChI is InChI=1S/C19H12ClF3N4O2S/c1-9-4-5-12(28)10(7-9)25-18(29)16-15(20)17-24-11(13-3-2-6-30-13)8-14(19(21,22)23)27(17)26-16/h2-8,28H,1H3,(H,25,29). The zero-order chi connectivity index (χ0) is 21.6. The molecule has 0 atom stereocenters. The summed E-state index contributed by atoms with van der Waals surface area (Å²) in [6, 6.07) is 8.69. The molecule has 0 saturated carbocycles. The number of aromatic hydroxyl groups is 1. The molecular formula is C19H12ClF3N4O2S. The number of alkyl halides is 3. The zero-order valence-electron chi connectivity index (χ0n) is 15.2. The van der Waals surface area contributed by atoms with Gasteiger partial charge in [-0.05, 0) is 42.1 Å². The molecule has 3 heterocycles. The van der Waals surface area contributed by atoms with Crippen LogP contribution in [0.3, 0.4) is 0 Å². The highest BCUT2D eigenvalue weighted by Gasteiger charge is 2.37. The fourth-order valence-electron chi connectivity index (χ4n) is 2.82. The van der Waals surface area contributed by atoms with Gasteiger partial charge in [0, 0.05) is 0 Å². The third kappa shape index (κ3) is 3.59. The summed E-state index contributed by atoms with van der Waals surface area (Å²) in [7, 11) is 0. The Balaban J connectivity index is 1.85. The van der Waals surface area contributed by atoms with Gasteiger partial charge >= 0.3 is 6.18 Å². The first kappa shape index (κ1) is 20.2. The number of aryl methyl sites for hydroxylation is 1. The summed E-state index contributed by atoms with van der Waals surface area (Å²) >= 11 is 7.43. The largest absolute Gasteiger partial charge is 0.506 e. The second-order valence-corrected chi connectivity index (χ2v) is 7.70. The maximum atomic E-state index is 13.7. The molecule has 6 nitrogen and oxygen atoms in total. The van der Waals surface area contributed by atoms with Gasteiger partial charge in [-0.25, -0.2) is 9.50 Å². The Kier molecular flexibility index (Phi) is 4.91. The van der Waals surface area contributed by atoms with Crippen molar-refractivity contribution in [2.45, 2.75) is 13.1 Å². The minimum atomic E-state index is -4.76. The van der Waals surface area contributed by atoms with Crippen LogP contribution in [0.1, 0.15) is 21.7 Å². The van der Waals surface area contributed by atoms with Gasteiger partial charge in [-0.3, -0.25) is 4.79 Å². The number of carbonyl (C=O) groups is 1. The average molecular weight is 453 g/mol. The molecule has 1 amide bonds. The van der Waals surface area contributed by atoms with E-state index in [-0.39, 0.29) is 27.8 Å². The van der Waals surface area contributed by atoms with Crippen LogP contribution in [0.25, 0.3) is 16.2 Å². The highest BCUT2D eigenvalue weighted by atomic mass is 35.5. The van der Waals surface area contributed by atoms with Crippen molar-refractivity contribution < 1.29 is 23.1 Å². The summed E-state index contributed by atoms with van der Waals surface area (Å²) in [5.74, 6) is -1.08. The predicted molar refractivity (Wildman–Crippen MR) is 107 cm³/mol. The quantitative estimate of drug-likeness (QED) is 0.408. The van der Waals surface area contributed by atoms with E-state index in [4.69, 9.17) is 11.6 Å². The number of benzene rings is 1. The van der Waals surface area contributed by atoms with Gasteiger partial charge in [-0.1, -0.05) is 23.7 Å². The number of nitrogens with zero attached hydrogens (tertiary/aromatic N) is 3. The van der Waals surface area contributed by atoms with Crippen molar-refractivity contribution in [2.75, 3.05) is 5.32 Å². The normalized spacial score (nSPS) is 11.8. The lowest BCUT2D eigenvalue weighted by Crippen LogP contribution is -2.16. The molecule has 0 bridgehead atoms. The number of phenols is 1. The molecule has 1 aromatic carbocycles. The van der Waals surface area contributed by atoms with Crippen molar-refractivity contribution in [3.63, 3.8) is 0 Å². The molecule has 0 fully saturated rings. The summed E-state index contributed by atoms with van der Waals surface area (Å²) in [5, 5.41) is 17.5. The van der Waals surface area contributed by atoms with Crippen molar-refractivity contribution in [2.24, 2.45) is 0 Å². The number of phenolic OH excluding ortho intramolecular Hbond substituents is 1. The van der Waals surface area contributed by atoms with Gasteiger partial charge in [0.05, 0.1) is 16.3 Å². The maximum absolute atomic E-state index is 13.7. The van der Waals surface area contributed by atoms with E-state index in [9.17, 15) is 23.1 Å². The first-order valence-corrected chi connectivity index (χ1v) is 9.72. The molecule has 2 N–H and O–H groups in total. The van der Waals surface area contributed by atoms with Gasteiger partial charge in [-0.2, -0.15) is 18.3 Å². The molecule has 0 spiro atoms. The van der Waals surface area contributed by atoms with E-state index in [1.54, 1.807) is 30.5 Å². The maximum Gasteiger partial charge on any atom is 0.433 e. The fourth-order valence-corrected chi connectivity index (χ4v) is 3.75. The number of hydrogen-bond acceptors (Lipinski definition) is 5. The highest BCUT2D eigenvalue weighted by Crippen LogP contribution is 2.36. The van der Waals surface area contributed by atoms with E-state index in [1.165, 1.54) is 23.5 Å². The lowest BCUT2D eigenvalue weighted by molar-refractivity contribution is -0.142. The van der Waals surface area contributed by atoms with Crippen LogP contribution in [0.5, 0.6) is 5.75 Å². The zero-order valence-corrected chi connectivity index (χ0v) is 16.7. The van der Waals surface area contributed by atoms with E-state index in [1.807, 2.05) is 0 Å². The van der Waals surface area contributed by atoms with E-state index >= 15 is 0 Å². The second-order valence-electron chi connectivity index (χ2n) is 6.37. The van der Waals surface area contributed by atoms with Crippen LogP contribution in [0.2, 0.25) is 5.02 Å². The third-order valence-corrected chi connectivity index (χ3v) is 5.45. The molecule has 0 radical (unpaired) electrons. The number of thiophene rings is 1. The smallest absolute Gasteiger partial charge is 0.433 e. The van der Waals surface area contributed by atoms with E-state index in [0.29, 0.717) is 9.39 Å². The highest BCUT2D eigenvalue weighted by molar-refractivity contribution is 7.13. The van der Waals surface area contributed by atoms with Crippen LogP contribution in [0, 0.1) is 6.92 Å². The molecule has 0 aliphatic heterocycles. The van der Waals surface area contributed by atoms with Crippen LogP contribution in [-0.2, 0) is 6.18 Å². The average Bonchev–Trinajstić information content (AvgIpc) is 3.32. The number of anilines is 1. The predicted octanol–water partition coefficient (Wildman–Crippen LogP) is 5.40. The number of amides is 1. The molecule has 0 aliphatic carbocycles. The number of carbonyl (C=O) groups excluding carboxylic acids is 1. The van der Waals surface area contributed by atoms with Crippen LogP contribution < -0.4 is 5.32 Å². The van der Waals surface area contributed by atoms with Crippen LogP contribution in [0.4, 0.5) is 18.9 Å². The molecule has 30 heavy (non-hydrogen) atoms. The molecule has 0 unspecified atom stereocenters. The molecule has 3 aromatic heterocycles. The number of nitrogens with one attached hydrogen (secondary N) is 1. The third-order valence-electron chi connectivity index (χ3n) is 4.21. The number of rotatable bonds is 3. The Morgan fingerprint density at radius 1 is 1.27 bits per heavy atom. The number of fused-ring (bicyclic) bond motifs is 1. The summed E-state index contributed by atoms with van der Waals surface area (Å²) in [6.07, 6.45) is -4.76. The van der Waals surface area contributed by atoms with E-state index in [0.717, 1.165) is 11.6 Å². The Labute approximate surface area is 176 Å². The van der Waals surface area contributed by atoms with Gasteiger partial charge < -0.3 is 10.4 Å². The second kappa shape index (κ2) is 7.29. The molecular weight excluding hydrogens is 441 g/mol. The van der Waals surface area contributed by atoms with E-state index in [2.05, 4.69) is 15.4 Å². The van der Waals surface area contributed by atoms with Crippen LogP contribution >= 0.6 is 22.9 Å². The summed E-state index contributed by atoms with van der Waals surface area (Å²) in [5.41, 5.74) is -0.959.